The number of imidazole rings is 1. The summed E-state index contributed by atoms with van der Waals surface area (Å²) >= 11 is 1.96. The normalized spacial score (nSPS) is 17.4. The average Bonchev–Trinajstić information content (AvgIpc) is 1.81. The molecular formula is C75H67BN4OS. The summed E-state index contributed by atoms with van der Waals surface area (Å²) in [5.41, 5.74) is 24.5. The molecule has 9 aromatic carbocycles. The maximum Gasteiger partial charge on any atom is 0.333 e. The summed E-state index contributed by atoms with van der Waals surface area (Å²) in [7, 11) is 0. The lowest BCUT2D eigenvalue weighted by Crippen LogP contribution is -2.60. The minimum absolute atomic E-state index is 0.00256. The van der Waals surface area contributed by atoms with Crippen molar-refractivity contribution in [2.45, 2.75) is 129 Å². The van der Waals surface area contributed by atoms with Crippen LogP contribution in [0.1, 0.15) is 130 Å². The van der Waals surface area contributed by atoms with E-state index in [1.807, 2.05) is 11.3 Å². The number of para-hydroxylation sites is 2. The molecule has 4 aromatic heterocycles. The van der Waals surface area contributed by atoms with Crippen molar-refractivity contribution in [2.75, 3.05) is 4.81 Å². The molecule has 7 heteroatoms. The van der Waals surface area contributed by atoms with Crippen LogP contribution in [0.3, 0.4) is 0 Å². The van der Waals surface area contributed by atoms with Crippen LogP contribution in [0.25, 0.3) is 109 Å². The second-order valence-electron chi connectivity index (χ2n) is 28.4. The largest absolute Gasteiger partial charge is 0.455 e. The lowest BCUT2D eigenvalue weighted by Gasteiger charge is -2.42. The first-order valence-corrected chi connectivity index (χ1v) is 30.7. The second-order valence-corrected chi connectivity index (χ2v) is 29.5. The number of fused-ring (bicyclic) bond motifs is 19. The fourth-order valence-electron chi connectivity index (χ4n) is 15.8. The number of furan rings is 1. The first-order chi connectivity index (χ1) is 39.3. The summed E-state index contributed by atoms with van der Waals surface area (Å²) in [4.78, 5) is 8.45. The van der Waals surface area contributed by atoms with Crippen LogP contribution in [0.4, 0.5) is 11.4 Å². The number of rotatable bonds is 3. The minimum atomic E-state index is -0.265. The van der Waals surface area contributed by atoms with Crippen LogP contribution in [0, 0.1) is 0 Å². The lowest BCUT2D eigenvalue weighted by atomic mass is 9.43. The molecular weight excluding hydrogens is 1020 g/mol. The quantitative estimate of drug-likeness (QED) is 0.166. The Bertz CT molecular complexity index is 4960. The van der Waals surface area contributed by atoms with Gasteiger partial charge < -0.3 is 13.8 Å². The molecule has 4 aliphatic rings. The van der Waals surface area contributed by atoms with Gasteiger partial charge >= 0.3 is 6.85 Å². The Morgan fingerprint density at radius 3 is 1.80 bits per heavy atom. The monoisotopic (exact) mass is 1080 g/mol. The van der Waals surface area contributed by atoms with E-state index in [2.05, 4.69) is 248 Å². The number of nitrogens with zero attached hydrogens (tertiary/aromatic N) is 4. The fourth-order valence-corrected chi connectivity index (χ4v) is 16.9. The van der Waals surface area contributed by atoms with Crippen molar-refractivity contribution < 1.29 is 4.42 Å². The van der Waals surface area contributed by atoms with E-state index >= 15 is 0 Å². The van der Waals surface area contributed by atoms with Crippen LogP contribution in [-0.2, 0) is 27.1 Å². The molecule has 17 rings (SSSR count). The Kier molecular flexibility index (Phi) is 9.53. The molecule has 0 bridgehead atoms. The van der Waals surface area contributed by atoms with Crippen molar-refractivity contribution in [1.82, 2.24) is 14.1 Å². The van der Waals surface area contributed by atoms with Gasteiger partial charge in [0.15, 0.2) is 0 Å². The molecule has 0 atom stereocenters. The van der Waals surface area contributed by atoms with E-state index in [0.29, 0.717) is 0 Å². The van der Waals surface area contributed by atoms with Gasteiger partial charge in [0.05, 0.1) is 22.1 Å². The highest BCUT2D eigenvalue weighted by atomic mass is 32.1. The number of benzene rings is 9. The fraction of sp³-hybridized carbons (Fsp3) is 0.267. The van der Waals surface area contributed by atoms with Gasteiger partial charge in [-0.15, -0.1) is 11.3 Å². The van der Waals surface area contributed by atoms with Crippen molar-refractivity contribution in [3.05, 3.63) is 186 Å². The summed E-state index contributed by atoms with van der Waals surface area (Å²) in [6, 6.07) is 60.5. The highest BCUT2D eigenvalue weighted by molar-refractivity contribution is 7.25. The summed E-state index contributed by atoms with van der Waals surface area (Å²) in [5, 5.41) is 7.59. The van der Waals surface area contributed by atoms with Gasteiger partial charge in [0.2, 0.25) is 0 Å². The molecule has 5 nitrogen and oxygen atoms in total. The van der Waals surface area contributed by atoms with Crippen molar-refractivity contribution in [3.8, 4) is 33.9 Å². The van der Waals surface area contributed by atoms with E-state index in [1.54, 1.807) is 0 Å². The van der Waals surface area contributed by atoms with E-state index in [1.165, 1.54) is 121 Å². The minimum Gasteiger partial charge on any atom is -0.455 e. The molecule has 0 amide bonds. The second kappa shape index (κ2) is 16.0. The summed E-state index contributed by atoms with van der Waals surface area (Å²) in [6.45, 7) is 26.4. The topological polar surface area (TPSA) is 39.1 Å². The van der Waals surface area contributed by atoms with Crippen molar-refractivity contribution in [2.24, 2.45) is 0 Å². The van der Waals surface area contributed by atoms with E-state index in [0.717, 1.165) is 63.2 Å². The molecule has 0 spiro atoms. The molecule has 13 aromatic rings. The molecule has 0 saturated heterocycles. The van der Waals surface area contributed by atoms with Crippen LogP contribution in [0.5, 0.6) is 0 Å². The molecule has 0 unspecified atom stereocenters. The maximum absolute atomic E-state index is 7.55. The third-order valence-electron chi connectivity index (χ3n) is 20.6. The number of thiophene rings is 1. The third kappa shape index (κ3) is 6.49. The molecule has 402 valence electrons. The Hall–Kier alpha value is -7.87. The highest BCUT2D eigenvalue weighted by Crippen LogP contribution is 2.56. The predicted molar refractivity (Wildman–Crippen MR) is 349 cm³/mol. The molecule has 0 N–H and O–H groups in total. The molecule has 0 radical (unpaired) electrons. The maximum atomic E-state index is 7.55. The molecule has 6 heterocycles. The SMILES string of the molecule is CC(C)(C)c1ccc(N2B3c4cc5nc(-c6ccccc6)n(-c6ccccc6)c5cc4-n4c5cc6c(cc5c5c7c(oc8ccccc87)c(c3c54)-c3cc4sc5cc7c(cc5c4cc32)C(C)(C)CCC7(C)C)C(C)(C)CCC6(C)C)cc1. The Morgan fingerprint density at radius 2 is 1.12 bits per heavy atom. The zero-order chi connectivity index (χ0) is 55.9. The van der Waals surface area contributed by atoms with Gasteiger partial charge in [-0.1, -0.05) is 155 Å². The highest BCUT2D eigenvalue weighted by Gasteiger charge is 2.48. The van der Waals surface area contributed by atoms with Gasteiger partial charge in [0, 0.05) is 81.2 Å². The standard InChI is InChI=1S/C75H67BN4OS/c1-71(2,3)43-26-28-45(29-27-43)80-58-36-48-47-34-51-54(75(10,11)33-31-72(51,4)5)39-63(47)82-62(48)37-50(58)66-67-68-64(65-46-24-18-19-25-61(46)81-69(65)66)49-35-52-53(74(8,9)32-30-73(52,6)7)38-57(49)79(68)59-41-60-56(40-55(59)76(67)80)77-70(42-20-14-12-15-21-42)78(60)44-22-16-13-17-23-44/h12-29,34-41H,30-33H2,1-11H3. The molecule has 2 aliphatic heterocycles. The lowest BCUT2D eigenvalue weighted by molar-refractivity contribution is 0.332. The Morgan fingerprint density at radius 1 is 0.524 bits per heavy atom. The first kappa shape index (κ1) is 48.8. The summed E-state index contributed by atoms with van der Waals surface area (Å²) < 4.78 is 15.3. The van der Waals surface area contributed by atoms with Crippen molar-refractivity contribution in [3.63, 3.8) is 0 Å². The first-order valence-electron chi connectivity index (χ1n) is 29.9. The van der Waals surface area contributed by atoms with Gasteiger partial charge in [0.25, 0.3) is 0 Å². The number of hydrogen-bond acceptors (Lipinski definition) is 4. The van der Waals surface area contributed by atoms with E-state index in [9.17, 15) is 0 Å². The molecule has 0 saturated carbocycles. The molecule has 0 fully saturated rings. The van der Waals surface area contributed by atoms with Crippen LogP contribution >= 0.6 is 11.3 Å². The molecule has 82 heavy (non-hydrogen) atoms. The van der Waals surface area contributed by atoms with E-state index in [4.69, 9.17) is 9.40 Å². The van der Waals surface area contributed by atoms with Gasteiger partial charge in [0.1, 0.15) is 17.0 Å². The van der Waals surface area contributed by atoms with Crippen molar-refractivity contribution in [1.29, 1.82) is 0 Å². The van der Waals surface area contributed by atoms with E-state index < -0.39 is 0 Å². The van der Waals surface area contributed by atoms with Crippen LogP contribution in [0.15, 0.2) is 162 Å². The predicted octanol–water partition coefficient (Wildman–Crippen LogP) is 19.3. The van der Waals surface area contributed by atoms with E-state index in [-0.39, 0.29) is 33.9 Å². The van der Waals surface area contributed by atoms with Crippen molar-refractivity contribution >= 4 is 115 Å². The number of hydrogen-bond donors (Lipinski definition) is 0. The van der Waals surface area contributed by atoms with Gasteiger partial charge in [-0.05, 0) is 170 Å². The number of anilines is 2. The van der Waals surface area contributed by atoms with Gasteiger partial charge in [-0.2, -0.15) is 0 Å². The van der Waals surface area contributed by atoms with Crippen LogP contribution in [0.2, 0.25) is 0 Å². The Balaban J connectivity index is 1.09. The third-order valence-corrected chi connectivity index (χ3v) is 21.7. The van der Waals surface area contributed by atoms with Gasteiger partial charge in [-0.3, -0.25) is 4.57 Å². The van der Waals surface area contributed by atoms with Crippen LogP contribution in [-0.4, -0.2) is 21.0 Å². The summed E-state index contributed by atoms with van der Waals surface area (Å²) in [6.07, 6.45) is 4.62. The number of aromatic nitrogens is 3. The molecule has 2 aliphatic carbocycles. The van der Waals surface area contributed by atoms with Gasteiger partial charge in [-0.25, -0.2) is 4.98 Å². The smallest absolute Gasteiger partial charge is 0.333 e. The Labute approximate surface area is 484 Å². The average molecular weight is 1080 g/mol. The zero-order valence-corrected chi connectivity index (χ0v) is 49.8. The zero-order valence-electron chi connectivity index (χ0n) is 49.0. The summed E-state index contributed by atoms with van der Waals surface area (Å²) in [5.74, 6) is 0.927. The van der Waals surface area contributed by atoms with Crippen LogP contribution < -0.4 is 15.7 Å².